The van der Waals surface area contributed by atoms with Gasteiger partial charge in [0.1, 0.15) is 0 Å². The van der Waals surface area contributed by atoms with Crippen LogP contribution in [0.5, 0.6) is 0 Å². The van der Waals surface area contributed by atoms with E-state index in [4.69, 9.17) is 11.6 Å². The maximum Gasteiger partial charge on any atom is 0.253 e. The Morgan fingerprint density at radius 1 is 0.964 bits per heavy atom. The molecule has 1 aliphatic heterocycles. The maximum absolute atomic E-state index is 12.8. The van der Waals surface area contributed by atoms with Gasteiger partial charge in [0, 0.05) is 29.6 Å². The van der Waals surface area contributed by atoms with E-state index in [-0.39, 0.29) is 23.8 Å². The van der Waals surface area contributed by atoms with Gasteiger partial charge >= 0.3 is 0 Å². The van der Waals surface area contributed by atoms with Crippen LogP contribution in [0.15, 0.2) is 48.5 Å². The molecule has 1 saturated heterocycles. The first kappa shape index (κ1) is 19.0. The quantitative estimate of drug-likeness (QED) is 0.836. The molecule has 1 N–H and O–H groups in total. The number of fused-ring (bicyclic) bond motifs is 1. The molecule has 1 atom stereocenters. The lowest BCUT2D eigenvalue weighted by molar-refractivity contribution is -0.127. The highest BCUT2D eigenvalue weighted by Gasteiger charge is 2.30. The zero-order valence-electron chi connectivity index (χ0n) is 15.9. The largest absolute Gasteiger partial charge is 0.349 e. The van der Waals surface area contributed by atoms with E-state index in [9.17, 15) is 9.59 Å². The predicted molar refractivity (Wildman–Crippen MR) is 110 cm³/mol. The number of rotatable bonds is 3. The van der Waals surface area contributed by atoms with Gasteiger partial charge in [0.05, 0.1) is 6.04 Å². The van der Waals surface area contributed by atoms with Crippen LogP contribution in [-0.4, -0.2) is 29.8 Å². The molecular weight excluding hydrogens is 372 g/mol. The second kappa shape index (κ2) is 8.36. The highest BCUT2D eigenvalue weighted by molar-refractivity contribution is 6.30. The zero-order chi connectivity index (χ0) is 19.5. The van der Waals surface area contributed by atoms with Gasteiger partial charge in [0.2, 0.25) is 5.91 Å². The fourth-order valence-electron chi connectivity index (χ4n) is 4.31. The van der Waals surface area contributed by atoms with Crippen LogP contribution in [0.3, 0.4) is 0 Å². The monoisotopic (exact) mass is 396 g/mol. The number of nitrogens with one attached hydrogen (secondary N) is 1. The van der Waals surface area contributed by atoms with Crippen molar-refractivity contribution in [2.75, 3.05) is 13.1 Å². The van der Waals surface area contributed by atoms with Crippen LogP contribution in [0.25, 0.3) is 0 Å². The summed E-state index contributed by atoms with van der Waals surface area (Å²) in [6.07, 6.45) is 4.61. The van der Waals surface area contributed by atoms with E-state index < -0.39 is 0 Å². The van der Waals surface area contributed by atoms with Gasteiger partial charge in [-0.25, -0.2) is 0 Å². The van der Waals surface area contributed by atoms with Crippen molar-refractivity contribution in [3.05, 3.63) is 70.2 Å². The van der Waals surface area contributed by atoms with Crippen molar-refractivity contribution < 1.29 is 9.59 Å². The van der Waals surface area contributed by atoms with Crippen LogP contribution in [0.2, 0.25) is 5.02 Å². The standard InChI is InChI=1S/C23H25ClN2O2/c24-19-10-8-18(9-11-19)23(28)26-14-12-17(13-15-26)22(27)25-21-7-3-5-16-4-1-2-6-20(16)21/h1-2,4,6,8-11,17,21H,3,5,7,12-15H2,(H,25,27)/t21-/m0/s1. The summed E-state index contributed by atoms with van der Waals surface area (Å²) in [6, 6.07) is 15.5. The highest BCUT2D eigenvalue weighted by Crippen LogP contribution is 2.30. The molecule has 5 heteroatoms. The van der Waals surface area contributed by atoms with E-state index >= 15 is 0 Å². The Kier molecular flexibility index (Phi) is 5.67. The zero-order valence-corrected chi connectivity index (χ0v) is 16.6. The molecule has 2 aromatic carbocycles. The van der Waals surface area contributed by atoms with Gasteiger partial charge < -0.3 is 10.2 Å². The minimum atomic E-state index is -0.0247. The van der Waals surface area contributed by atoms with Crippen molar-refractivity contribution in [1.82, 2.24) is 10.2 Å². The molecule has 0 spiro atoms. The normalized spacial score (nSPS) is 19.8. The third kappa shape index (κ3) is 4.07. The van der Waals surface area contributed by atoms with Crippen LogP contribution in [0.1, 0.15) is 53.2 Å². The number of carbonyl (C=O) groups is 2. The molecule has 4 nitrogen and oxygen atoms in total. The first-order valence-corrected chi connectivity index (χ1v) is 10.4. The predicted octanol–water partition coefficient (Wildman–Crippen LogP) is 4.39. The van der Waals surface area contributed by atoms with E-state index in [0.717, 1.165) is 19.3 Å². The van der Waals surface area contributed by atoms with Crippen LogP contribution in [0, 0.1) is 5.92 Å². The summed E-state index contributed by atoms with van der Waals surface area (Å²) in [5, 5.41) is 3.89. The highest BCUT2D eigenvalue weighted by atomic mass is 35.5. The number of benzene rings is 2. The number of aryl methyl sites for hydroxylation is 1. The molecule has 0 unspecified atom stereocenters. The van der Waals surface area contributed by atoms with Gasteiger partial charge in [-0.1, -0.05) is 35.9 Å². The lowest BCUT2D eigenvalue weighted by atomic mass is 9.87. The summed E-state index contributed by atoms with van der Waals surface area (Å²) in [7, 11) is 0. The summed E-state index contributed by atoms with van der Waals surface area (Å²) >= 11 is 5.90. The van der Waals surface area contributed by atoms with Gasteiger partial charge in [0.25, 0.3) is 5.91 Å². The maximum atomic E-state index is 12.8. The number of halogens is 1. The second-order valence-electron chi connectivity index (χ2n) is 7.73. The summed E-state index contributed by atoms with van der Waals surface area (Å²) in [5.74, 6) is 0.111. The Bertz CT molecular complexity index is 857. The number of piperidine rings is 1. The van der Waals surface area contributed by atoms with Crippen molar-refractivity contribution in [3.63, 3.8) is 0 Å². The van der Waals surface area contributed by atoms with E-state index in [1.165, 1.54) is 11.1 Å². The van der Waals surface area contributed by atoms with Crippen LogP contribution >= 0.6 is 11.6 Å². The first-order valence-electron chi connectivity index (χ1n) is 10.0. The SMILES string of the molecule is O=C(N[C@H]1CCCc2ccccc21)C1CCN(C(=O)c2ccc(Cl)cc2)CC1. The average molecular weight is 397 g/mol. The molecule has 1 heterocycles. The molecule has 1 fully saturated rings. The second-order valence-corrected chi connectivity index (χ2v) is 8.16. The minimum Gasteiger partial charge on any atom is -0.349 e. The van der Waals surface area contributed by atoms with Crippen molar-refractivity contribution in [2.24, 2.45) is 5.92 Å². The van der Waals surface area contributed by atoms with Crippen molar-refractivity contribution in [1.29, 1.82) is 0 Å². The van der Waals surface area contributed by atoms with E-state index in [1.54, 1.807) is 24.3 Å². The van der Waals surface area contributed by atoms with E-state index in [0.29, 0.717) is 36.5 Å². The summed E-state index contributed by atoms with van der Waals surface area (Å²) < 4.78 is 0. The molecule has 1 aliphatic carbocycles. The first-order chi connectivity index (χ1) is 13.6. The molecule has 28 heavy (non-hydrogen) atoms. The molecule has 0 bridgehead atoms. The number of hydrogen-bond donors (Lipinski definition) is 1. The van der Waals surface area contributed by atoms with Crippen molar-refractivity contribution in [2.45, 2.75) is 38.1 Å². The van der Waals surface area contributed by atoms with E-state index in [2.05, 4.69) is 23.5 Å². The molecule has 0 saturated carbocycles. The Hall–Kier alpha value is -2.33. The third-order valence-corrected chi connectivity index (χ3v) is 6.18. The molecule has 2 amide bonds. The topological polar surface area (TPSA) is 49.4 Å². The van der Waals surface area contributed by atoms with Gasteiger partial charge in [0.15, 0.2) is 0 Å². The van der Waals surface area contributed by atoms with Crippen molar-refractivity contribution in [3.8, 4) is 0 Å². The van der Waals surface area contributed by atoms with Crippen LogP contribution < -0.4 is 5.32 Å². The van der Waals surface area contributed by atoms with Crippen molar-refractivity contribution >= 4 is 23.4 Å². The smallest absolute Gasteiger partial charge is 0.253 e. The van der Waals surface area contributed by atoms with Gasteiger partial charge in [-0.3, -0.25) is 9.59 Å². The van der Waals surface area contributed by atoms with E-state index in [1.807, 2.05) is 11.0 Å². The number of hydrogen-bond acceptors (Lipinski definition) is 2. The number of carbonyl (C=O) groups excluding carboxylic acids is 2. The summed E-state index contributed by atoms with van der Waals surface area (Å²) in [5.41, 5.74) is 3.26. The Labute approximate surface area is 170 Å². The summed E-state index contributed by atoms with van der Waals surface area (Å²) in [4.78, 5) is 27.3. The molecule has 2 aliphatic rings. The molecule has 0 aromatic heterocycles. The molecule has 4 rings (SSSR count). The van der Waals surface area contributed by atoms with Gasteiger partial charge in [-0.15, -0.1) is 0 Å². The Morgan fingerprint density at radius 2 is 1.68 bits per heavy atom. The Morgan fingerprint density at radius 3 is 2.43 bits per heavy atom. The molecule has 0 radical (unpaired) electrons. The minimum absolute atomic E-state index is 0.0109. The average Bonchev–Trinajstić information content (AvgIpc) is 2.74. The molecular formula is C23H25ClN2O2. The molecule has 2 aromatic rings. The molecule has 146 valence electrons. The lowest BCUT2D eigenvalue weighted by Crippen LogP contribution is -2.44. The third-order valence-electron chi connectivity index (χ3n) is 5.93. The lowest BCUT2D eigenvalue weighted by Gasteiger charge is -2.33. The van der Waals surface area contributed by atoms with Gasteiger partial charge in [-0.05, 0) is 67.5 Å². The Balaban J connectivity index is 1.33. The number of likely N-dealkylation sites (tertiary alicyclic amines) is 1. The fraction of sp³-hybridized carbons (Fsp3) is 0.391. The summed E-state index contributed by atoms with van der Waals surface area (Å²) in [6.45, 7) is 1.22. The van der Waals surface area contributed by atoms with Crippen LogP contribution in [-0.2, 0) is 11.2 Å². The van der Waals surface area contributed by atoms with Crippen LogP contribution in [0.4, 0.5) is 0 Å². The fourth-order valence-corrected chi connectivity index (χ4v) is 4.44. The number of nitrogens with zero attached hydrogens (tertiary/aromatic N) is 1. The van der Waals surface area contributed by atoms with Gasteiger partial charge in [-0.2, -0.15) is 0 Å². The number of amides is 2.